The Balaban J connectivity index is 1.32. The summed E-state index contributed by atoms with van der Waals surface area (Å²) in [4.78, 5) is 46.6. The quantitative estimate of drug-likeness (QED) is 0.137. The average Bonchev–Trinajstić information content (AvgIpc) is 3.71. The number of rotatable bonds is 6. The van der Waals surface area contributed by atoms with Gasteiger partial charge in [-0.3, -0.25) is 19.3 Å². The number of halogens is 2. The first kappa shape index (κ1) is 28.6. The Hall–Kier alpha value is -4.84. The molecular weight excluding hydrogens is 647 g/mol. The molecule has 0 fully saturated rings. The second kappa shape index (κ2) is 10.9. The van der Waals surface area contributed by atoms with Crippen molar-refractivity contribution in [1.82, 2.24) is 10.2 Å². The number of carbonyl (C=O) groups is 2. The van der Waals surface area contributed by atoms with E-state index in [-0.39, 0.29) is 45.5 Å². The highest BCUT2D eigenvalue weighted by atomic mass is 35.5. The zero-order valence-electron chi connectivity index (χ0n) is 23.6. The van der Waals surface area contributed by atoms with Gasteiger partial charge in [0.25, 0.3) is 11.8 Å². The Morgan fingerprint density at radius 2 is 1.59 bits per heavy atom. The predicted octanol–water partition coefficient (Wildman–Crippen LogP) is 7.18. The first-order valence-electron chi connectivity index (χ1n) is 14.1. The summed E-state index contributed by atoms with van der Waals surface area (Å²) in [5.41, 5.74) is -0.152. The molecule has 2 amide bonds. The van der Waals surface area contributed by atoms with E-state index in [1.165, 1.54) is 27.6 Å². The van der Waals surface area contributed by atoms with Crippen LogP contribution < -0.4 is 15.2 Å². The highest BCUT2D eigenvalue weighted by Crippen LogP contribution is 2.55. The molecule has 6 aromatic rings. The maximum atomic E-state index is 15.1. The number of benzene rings is 4. The van der Waals surface area contributed by atoms with E-state index in [0.29, 0.717) is 31.7 Å². The fourth-order valence-electron chi connectivity index (χ4n) is 6.17. The van der Waals surface area contributed by atoms with Gasteiger partial charge in [-0.05, 0) is 41.5 Å². The zero-order chi connectivity index (χ0) is 31.6. The van der Waals surface area contributed by atoms with Crippen molar-refractivity contribution in [2.45, 2.75) is 22.2 Å². The predicted molar refractivity (Wildman–Crippen MR) is 175 cm³/mol. The van der Waals surface area contributed by atoms with Crippen molar-refractivity contribution >= 4 is 68.3 Å². The van der Waals surface area contributed by atoms with Crippen LogP contribution in [0.2, 0.25) is 5.02 Å². The summed E-state index contributed by atoms with van der Waals surface area (Å²) in [6, 6.07) is 27.3. The van der Waals surface area contributed by atoms with Crippen LogP contribution in [0.1, 0.15) is 32.8 Å². The lowest BCUT2D eigenvalue weighted by Gasteiger charge is -2.32. The maximum absolute atomic E-state index is 15.1. The molecule has 1 unspecified atom stereocenters. The third-order valence-electron chi connectivity index (χ3n) is 8.21. The number of hydrogen-bond donors (Lipinski definition) is 0. The number of fused-ring (bicyclic) bond motifs is 5. The first-order valence-corrected chi connectivity index (χ1v) is 16.3. The molecule has 8 rings (SSSR count). The van der Waals surface area contributed by atoms with E-state index in [4.69, 9.17) is 16.0 Å². The van der Waals surface area contributed by atoms with Crippen molar-refractivity contribution in [3.05, 3.63) is 146 Å². The smallest absolute Gasteiger partial charge is 0.297 e. The highest BCUT2D eigenvalue weighted by molar-refractivity contribution is 8.00. The number of carbonyl (C=O) groups excluding carboxylic acids is 2. The van der Waals surface area contributed by atoms with E-state index in [9.17, 15) is 14.0 Å². The Bertz CT molecular complexity index is 2290. The molecule has 226 valence electrons. The van der Waals surface area contributed by atoms with Crippen molar-refractivity contribution < 1.29 is 18.4 Å². The molecule has 1 atom stereocenters. The SMILES string of the molecule is O=C1c2oc3ccccc3c(=O)c2C2(C(=O)N(Cc3ccccc3Cl)c3ccccc32)N1c1nnc(SCc2ccccc2F)s1. The molecule has 2 aromatic heterocycles. The van der Waals surface area contributed by atoms with Crippen molar-refractivity contribution in [3.8, 4) is 0 Å². The summed E-state index contributed by atoms with van der Waals surface area (Å²) in [7, 11) is 0. The lowest BCUT2D eigenvalue weighted by molar-refractivity contribution is -0.121. The molecule has 0 saturated carbocycles. The zero-order valence-corrected chi connectivity index (χ0v) is 26.0. The van der Waals surface area contributed by atoms with Gasteiger partial charge >= 0.3 is 0 Å². The van der Waals surface area contributed by atoms with E-state index in [1.54, 1.807) is 78.9 Å². The second-order valence-corrected chi connectivity index (χ2v) is 13.3. The van der Waals surface area contributed by atoms with Crippen LogP contribution in [0.25, 0.3) is 11.0 Å². The van der Waals surface area contributed by atoms with Gasteiger partial charge < -0.3 is 9.32 Å². The minimum absolute atomic E-state index is 0.0777. The molecule has 4 heterocycles. The number of nitrogens with zero attached hydrogens (tertiary/aromatic N) is 4. The van der Waals surface area contributed by atoms with Gasteiger partial charge in [-0.25, -0.2) is 4.39 Å². The van der Waals surface area contributed by atoms with Crippen molar-refractivity contribution in [2.75, 3.05) is 9.80 Å². The third kappa shape index (κ3) is 4.15. The minimum atomic E-state index is -1.93. The van der Waals surface area contributed by atoms with Crippen LogP contribution in [0.3, 0.4) is 0 Å². The molecule has 1 spiro atoms. The van der Waals surface area contributed by atoms with Gasteiger partial charge in [0.15, 0.2) is 15.3 Å². The van der Waals surface area contributed by atoms with Gasteiger partial charge in [-0.2, -0.15) is 0 Å². The van der Waals surface area contributed by atoms with Crippen molar-refractivity contribution in [2.24, 2.45) is 0 Å². The Labute approximate surface area is 274 Å². The van der Waals surface area contributed by atoms with Crippen LogP contribution in [-0.4, -0.2) is 22.0 Å². The number of anilines is 2. The summed E-state index contributed by atoms with van der Waals surface area (Å²) in [6.07, 6.45) is 0. The standard InChI is InChI=1S/C34H20ClFN4O4S2/c35-23-13-5-1-9-19(23)17-39-25-15-7-4-12-22(25)34(31(39)43)27-28(41)21-11-3-8-16-26(21)44-29(27)30(42)40(34)32-37-38-33(46-32)45-18-20-10-2-6-14-24(20)36/h1-16H,17-18H2. The molecule has 0 saturated heterocycles. The van der Waals surface area contributed by atoms with Crippen LogP contribution >= 0.6 is 34.7 Å². The van der Waals surface area contributed by atoms with Crippen LogP contribution in [-0.2, 0) is 22.6 Å². The molecule has 8 nitrogen and oxygen atoms in total. The third-order valence-corrected chi connectivity index (χ3v) is 10.7. The van der Waals surface area contributed by atoms with Crippen molar-refractivity contribution in [1.29, 1.82) is 0 Å². The Kier molecular flexibility index (Phi) is 6.78. The Morgan fingerprint density at radius 3 is 2.41 bits per heavy atom. The Morgan fingerprint density at radius 1 is 0.870 bits per heavy atom. The molecule has 4 aromatic carbocycles. The lowest BCUT2D eigenvalue weighted by Crippen LogP contribution is -2.53. The number of thioether (sulfide) groups is 1. The van der Waals surface area contributed by atoms with Gasteiger partial charge in [0.05, 0.1) is 23.2 Å². The normalized spacial score (nSPS) is 16.9. The van der Waals surface area contributed by atoms with Gasteiger partial charge in [0, 0.05) is 16.3 Å². The molecule has 12 heteroatoms. The first-order chi connectivity index (χ1) is 22.4. The summed E-state index contributed by atoms with van der Waals surface area (Å²) < 4.78 is 20.9. The molecule has 0 aliphatic carbocycles. The largest absolute Gasteiger partial charge is 0.450 e. The van der Waals surface area contributed by atoms with Crippen LogP contribution in [0.15, 0.2) is 111 Å². The van der Waals surface area contributed by atoms with E-state index in [1.807, 2.05) is 12.1 Å². The topological polar surface area (TPSA) is 96.6 Å². The van der Waals surface area contributed by atoms with Gasteiger partial charge in [0.2, 0.25) is 10.9 Å². The number of para-hydroxylation sites is 2. The summed E-state index contributed by atoms with van der Waals surface area (Å²) in [6.45, 7) is 0.0907. The summed E-state index contributed by atoms with van der Waals surface area (Å²) in [5.74, 6) is -1.52. The number of aromatic nitrogens is 2. The fourth-order valence-corrected chi connectivity index (χ4v) is 8.24. The minimum Gasteiger partial charge on any atom is -0.450 e. The van der Waals surface area contributed by atoms with Gasteiger partial charge in [-0.1, -0.05) is 101 Å². The molecule has 46 heavy (non-hydrogen) atoms. The molecule has 0 bridgehead atoms. The molecular formula is C34H20ClFN4O4S2. The van der Waals surface area contributed by atoms with E-state index in [2.05, 4.69) is 10.2 Å². The molecule has 2 aliphatic heterocycles. The molecule has 2 aliphatic rings. The molecule has 0 radical (unpaired) electrons. The lowest BCUT2D eigenvalue weighted by atomic mass is 9.84. The van der Waals surface area contributed by atoms with E-state index in [0.717, 1.165) is 11.3 Å². The van der Waals surface area contributed by atoms with Gasteiger partial charge in [-0.15, -0.1) is 10.2 Å². The second-order valence-electron chi connectivity index (χ2n) is 10.7. The van der Waals surface area contributed by atoms with E-state index >= 15 is 4.79 Å². The molecule has 0 N–H and O–H groups in total. The fraction of sp³-hybridized carbons (Fsp3) is 0.0882. The van der Waals surface area contributed by atoms with E-state index < -0.39 is 22.8 Å². The van der Waals surface area contributed by atoms with Crippen LogP contribution in [0, 0.1) is 5.82 Å². The monoisotopic (exact) mass is 666 g/mol. The van der Waals surface area contributed by atoms with Gasteiger partial charge in [0.1, 0.15) is 11.4 Å². The number of hydrogen-bond acceptors (Lipinski definition) is 8. The number of amides is 2. The van der Waals surface area contributed by atoms with Crippen molar-refractivity contribution in [3.63, 3.8) is 0 Å². The van der Waals surface area contributed by atoms with Crippen LogP contribution in [0.5, 0.6) is 0 Å². The van der Waals surface area contributed by atoms with Crippen LogP contribution in [0.4, 0.5) is 15.2 Å². The highest BCUT2D eigenvalue weighted by Gasteiger charge is 2.66. The maximum Gasteiger partial charge on any atom is 0.297 e. The summed E-state index contributed by atoms with van der Waals surface area (Å²) >= 11 is 8.85. The average molecular weight is 667 g/mol. The summed E-state index contributed by atoms with van der Waals surface area (Å²) in [5, 5.41) is 9.42.